The van der Waals surface area contributed by atoms with Crippen LogP contribution >= 0.6 is 11.8 Å². The molecule has 1 N–H and O–H groups in total. The van der Waals surface area contributed by atoms with Gasteiger partial charge in [0.1, 0.15) is 0 Å². The predicted octanol–water partition coefficient (Wildman–Crippen LogP) is 4.19. The summed E-state index contributed by atoms with van der Waals surface area (Å²) in [5.74, 6) is 1.47. The Bertz CT molecular complexity index is 542. The zero-order valence-electron chi connectivity index (χ0n) is 12.3. The lowest BCUT2D eigenvalue weighted by Gasteiger charge is -2.17. The monoisotopic (exact) mass is 299 g/mol. The van der Waals surface area contributed by atoms with Gasteiger partial charge < -0.3 is 5.32 Å². The largest absolute Gasteiger partial charge is 0.349 e. The van der Waals surface area contributed by atoms with Crippen molar-refractivity contribution in [3.05, 3.63) is 71.8 Å². The average Bonchev–Trinajstić information content (AvgIpc) is 2.54. The molecule has 1 atom stereocenters. The first-order chi connectivity index (χ1) is 10.3. The highest BCUT2D eigenvalue weighted by atomic mass is 32.2. The second-order valence-corrected chi connectivity index (χ2v) is 5.90. The zero-order valence-corrected chi connectivity index (χ0v) is 13.1. The molecule has 0 fully saturated rings. The standard InChI is InChI=1S/C18H21NOS/c1-2-17(16-11-7-4-8-12-16)19-18(20)14-21-13-15-9-5-3-6-10-15/h3-12,17H,2,13-14H2,1H3,(H,19,20)/t17-/m1/s1. The minimum absolute atomic E-state index is 0.103. The summed E-state index contributed by atoms with van der Waals surface area (Å²) >= 11 is 1.65. The van der Waals surface area contributed by atoms with Crippen molar-refractivity contribution in [3.8, 4) is 0 Å². The molecule has 0 unspecified atom stereocenters. The number of hydrogen-bond acceptors (Lipinski definition) is 2. The SMILES string of the molecule is CC[C@@H](NC(=O)CSCc1ccccc1)c1ccccc1. The van der Waals surface area contributed by atoms with Crippen molar-refractivity contribution >= 4 is 17.7 Å². The van der Waals surface area contributed by atoms with E-state index < -0.39 is 0 Å². The van der Waals surface area contributed by atoms with Crippen molar-refractivity contribution in [2.75, 3.05) is 5.75 Å². The topological polar surface area (TPSA) is 29.1 Å². The first-order valence-corrected chi connectivity index (χ1v) is 8.41. The van der Waals surface area contributed by atoms with E-state index in [1.807, 2.05) is 36.4 Å². The summed E-state index contributed by atoms with van der Waals surface area (Å²) in [5.41, 5.74) is 2.42. The van der Waals surface area contributed by atoms with Crippen LogP contribution in [0.25, 0.3) is 0 Å². The molecule has 21 heavy (non-hydrogen) atoms. The average molecular weight is 299 g/mol. The second-order valence-electron chi connectivity index (χ2n) is 4.92. The van der Waals surface area contributed by atoms with E-state index >= 15 is 0 Å². The smallest absolute Gasteiger partial charge is 0.230 e. The number of rotatable bonds is 7. The maximum atomic E-state index is 12.0. The van der Waals surface area contributed by atoms with Crippen LogP contribution in [0.2, 0.25) is 0 Å². The minimum atomic E-state index is 0.103. The first-order valence-electron chi connectivity index (χ1n) is 7.25. The molecular weight excluding hydrogens is 278 g/mol. The maximum absolute atomic E-state index is 12.0. The van der Waals surface area contributed by atoms with Crippen molar-refractivity contribution in [1.29, 1.82) is 0 Å². The Hall–Kier alpha value is -1.74. The molecule has 2 rings (SSSR count). The van der Waals surface area contributed by atoms with Gasteiger partial charge in [0.2, 0.25) is 5.91 Å². The summed E-state index contributed by atoms with van der Waals surface area (Å²) in [5, 5.41) is 3.11. The quantitative estimate of drug-likeness (QED) is 0.830. The molecule has 1 amide bonds. The number of benzene rings is 2. The van der Waals surface area contributed by atoms with Gasteiger partial charge in [-0.15, -0.1) is 11.8 Å². The minimum Gasteiger partial charge on any atom is -0.349 e. The van der Waals surface area contributed by atoms with Crippen LogP contribution in [0.1, 0.15) is 30.5 Å². The van der Waals surface area contributed by atoms with Crippen LogP contribution in [-0.4, -0.2) is 11.7 Å². The Kier molecular flexibility index (Phi) is 6.35. The van der Waals surface area contributed by atoms with E-state index in [0.717, 1.165) is 12.2 Å². The van der Waals surface area contributed by atoms with Crippen LogP contribution in [0.15, 0.2) is 60.7 Å². The van der Waals surface area contributed by atoms with Gasteiger partial charge in [0.25, 0.3) is 0 Å². The van der Waals surface area contributed by atoms with Gasteiger partial charge in [0.05, 0.1) is 11.8 Å². The number of carbonyl (C=O) groups is 1. The van der Waals surface area contributed by atoms with E-state index in [4.69, 9.17) is 0 Å². The third-order valence-electron chi connectivity index (χ3n) is 3.29. The van der Waals surface area contributed by atoms with E-state index in [0.29, 0.717) is 5.75 Å². The van der Waals surface area contributed by atoms with Crippen LogP contribution in [-0.2, 0) is 10.5 Å². The van der Waals surface area contributed by atoms with E-state index in [-0.39, 0.29) is 11.9 Å². The van der Waals surface area contributed by atoms with Crippen LogP contribution in [0.4, 0.5) is 0 Å². The molecule has 0 saturated carbocycles. The Morgan fingerprint density at radius 1 is 1.05 bits per heavy atom. The van der Waals surface area contributed by atoms with Gasteiger partial charge in [-0.25, -0.2) is 0 Å². The Morgan fingerprint density at radius 3 is 2.29 bits per heavy atom. The van der Waals surface area contributed by atoms with Crippen molar-refractivity contribution in [1.82, 2.24) is 5.32 Å². The number of nitrogens with one attached hydrogen (secondary N) is 1. The van der Waals surface area contributed by atoms with Gasteiger partial charge in [-0.05, 0) is 17.5 Å². The zero-order chi connectivity index (χ0) is 14.9. The van der Waals surface area contributed by atoms with E-state index in [9.17, 15) is 4.79 Å². The van der Waals surface area contributed by atoms with Crippen molar-refractivity contribution < 1.29 is 4.79 Å². The normalized spacial score (nSPS) is 11.9. The van der Waals surface area contributed by atoms with E-state index in [1.54, 1.807) is 11.8 Å². The molecule has 2 aromatic rings. The predicted molar refractivity (Wildman–Crippen MR) is 90.2 cm³/mol. The molecule has 0 radical (unpaired) electrons. The van der Waals surface area contributed by atoms with Crippen molar-refractivity contribution in [2.24, 2.45) is 0 Å². The number of carbonyl (C=O) groups excluding carboxylic acids is 1. The molecule has 0 aliphatic carbocycles. The number of amides is 1. The molecule has 2 nitrogen and oxygen atoms in total. The molecule has 0 spiro atoms. The lowest BCUT2D eigenvalue weighted by atomic mass is 10.0. The highest BCUT2D eigenvalue weighted by molar-refractivity contribution is 7.99. The summed E-state index contributed by atoms with van der Waals surface area (Å²) in [6.07, 6.45) is 0.902. The van der Waals surface area contributed by atoms with Crippen LogP contribution in [0.5, 0.6) is 0 Å². The van der Waals surface area contributed by atoms with Gasteiger partial charge >= 0.3 is 0 Å². The molecule has 0 bridgehead atoms. The third kappa shape index (κ3) is 5.27. The third-order valence-corrected chi connectivity index (χ3v) is 4.29. The summed E-state index contributed by atoms with van der Waals surface area (Å²) in [6, 6.07) is 20.5. The lowest BCUT2D eigenvalue weighted by Crippen LogP contribution is -2.29. The number of thioether (sulfide) groups is 1. The van der Waals surface area contributed by atoms with Gasteiger partial charge in [-0.2, -0.15) is 0 Å². The van der Waals surface area contributed by atoms with Crippen LogP contribution in [0, 0.1) is 0 Å². The molecule has 2 aromatic carbocycles. The first kappa shape index (κ1) is 15.6. The fraction of sp³-hybridized carbons (Fsp3) is 0.278. The molecule has 0 aliphatic rings. The lowest BCUT2D eigenvalue weighted by molar-refractivity contribution is -0.119. The Morgan fingerprint density at radius 2 is 1.67 bits per heavy atom. The van der Waals surface area contributed by atoms with Crippen molar-refractivity contribution in [2.45, 2.75) is 25.1 Å². The Balaban J connectivity index is 1.78. The van der Waals surface area contributed by atoms with Gasteiger partial charge in [-0.1, -0.05) is 67.6 Å². The molecule has 0 aromatic heterocycles. The van der Waals surface area contributed by atoms with Crippen molar-refractivity contribution in [3.63, 3.8) is 0 Å². The molecule has 0 saturated heterocycles. The van der Waals surface area contributed by atoms with E-state index in [1.165, 1.54) is 11.1 Å². The van der Waals surface area contributed by atoms with Gasteiger partial charge in [0, 0.05) is 5.75 Å². The summed E-state index contributed by atoms with van der Waals surface area (Å²) in [7, 11) is 0. The van der Waals surface area contributed by atoms with Gasteiger partial charge in [0.15, 0.2) is 0 Å². The van der Waals surface area contributed by atoms with E-state index in [2.05, 4.69) is 36.5 Å². The molecule has 110 valence electrons. The summed E-state index contributed by atoms with van der Waals surface area (Å²) in [4.78, 5) is 12.0. The fourth-order valence-electron chi connectivity index (χ4n) is 2.18. The summed E-state index contributed by atoms with van der Waals surface area (Å²) < 4.78 is 0. The van der Waals surface area contributed by atoms with Gasteiger partial charge in [-0.3, -0.25) is 4.79 Å². The van der Waals surface area contributed by atoms with Crippen LogP contribution in [0.3, 0.4) is 0 Å². The highest BCUT2D eigenvalue weighted by Crippen LogP contribution is 2.17. The molecule has 0 heterocycles. The summed E-state index contributed by atoms with van der Waals surface area (Å²) in [6.45, 7) is 2.09. The number of hydrogen-bond donors (Lipinski definition) is 1. The molecule has 0 aliphatic heterocycles. The highest BCUT2D eigenvalue weighted by Gasteiger charge is 2.12. The Labute approximate surface area is 131 Å². The molecular formula is C18H21NOS. The maximum Gasteiger partial charge on any atom is 0.230 e. The second kappa shape index (κ2) is 8.53. The fourth-order valence-corrected chi connectivity index (χ4v) is 2.98. The van der Waals surface area contributed by atoms with Crippen LogP contribution < -0.4 is 5.32 Å². The molecule has 3 heteroatoms.